The molecule has 2 heterocycles. The molecular formula is C21H33NO4. The Morgan fingerprint density at radius 2 is 1.88 bits per heavy atom. The Labute approximate surface area is 156 Å². The number of fused-ring (bicyclic) bond motifs is 3. The molecule has 4 aliphatic rings. The Morgan fingerprint density at radius 3 is 2.58 bits per heavy atom. The van der Waals surface area contributed by atoms with Crippen LogP contribution in [-0.2, 0) is 4.79 Å². The van der Waals surface area contributed by atoms with Crippen LogP contribution in [0.2, 0.25) is 0 Å². The molecule has 2 saturated carbocycles. The van der Waals surface area contributed by atoms with Crippen LogP contribution < -0.4 is 0 Å². The summed E-state index contributed by atoms with van der Waals surface area (Å²) in [5.74, 6) is -0.00752. The van der Waals surface area contributed by atoms with Crippen molar-refractivity contribution in [1.82, 2.24) is 4.90 Å². The Hall–Kier alpha value is -0.910. The van der Waals surface area contributed by atoms with Gasteiger partial charge in [-0.15, -0.1) is 0 Å². The van der Waals surface area contributed by atoms with Crippen molar-refractivity contribution in [1.29, 1.82) is 0 Å². The van der Waals surface area contributed by atoms with E-state index in [0.717, 1.165) is 51.4 Å². The minimum absolute atomic E-state index is 0.00507. The third-order valence-corrected chi connectivity index (χ3v) is 7.88. The Morgan fingerprint density at radius 1 is 1.12 bits per heavy atom. The molecule has 4 rings (SSSR count). The van der Waals surface area contributed by atoms with Gasteiger partial charge in [0.1, 0.15) is 5.54 Å². The molecule has 5 heteroatoms. The normalized spacial score (nSPS) is 44.3. The highest BCUT2D eigenvalue weighted by atomic mass is 16.4. The SMILES string of the molecule is O=C(O)C1(C2CCCCC2)CCCC2C[C@@H]3[C@@H](C=CCO)[C@H](O)C[C@H]3N21. The van der Waals surface area contributed by atoms with Gasteiger partial charge in [0, 0.05) is 18.0 Å². The summed E-state index contributed by atoms with van der Waals surface area (Å²) in [6.45, 7) is -0.00507. The zero-order valence-electron chi connectivity index (χ0n) is 15.6. The van der Waals surface area contributed by atoms with Crippen LogP contribution in [0.3, 0.4) is 0 Å². The lowest BCUT2D eigenvalue weighted by Gasteiger charge is -2.53. The topological polar surface area (TPSA) is 81.0 Å². The van der Waals surface area contributed by atoms with Crippen molar-refractivity contribution in [2.75, 3.05) is 6.61 Å². The monoisotopic (exact) mass is 363 g/mol. The van der Waals surface area contributed by atoms with E-state index in [4.69, 9.17) is 5.11 Å². The van der Waals surface area contributed by atoms with Gasteiger partial charge in [-0.2, -0.15) is 0 Å². The number of carboxylic acids is 1. The van der Waals surface area contributed by atoms with Crippen LogP contribution in [0.5, 0.6) is 0 Å². The van der Waals surface area contributed by atoms with E-state index < -0.39 is 17.6 Å². The summed E-state index contributed by atoms with van der Waals surface area (Å²) in [5, 5.41) is 30.2. The number of hydrogen-bond acceptors (Lipinski definition) is 4. The van der Waals surface area contributed by atoms with E-state index in [0.29, 0.717) is 18.4 Å². The van der Waals surface area contributed by atoms with Crippen molar-refractivity contribution in [3.05, 3.63) is 12.2 Å². The number of nitrogens with zero attached hydrogens (tertiary/aromatic N) is 1. The largest absolute Gasteiger partial charge is 0.480 e. The van der Waals surface area contributed by atoms with Crippen LogP contribution in [0, 0.1) is 17.8 Å². The number of aliphatic hydroxyl groups excluding tert-OH is 2. The van der Waals surface area contributed by atoms with Gasteiger partial charge >= 0.3 is 5.97 Å². The molecule has 4 fully saturated rings. The molecule has 2 aliphatic heterocycles. The summed E-state index contributed by atoms with van der Waals surface area (Å²) in [7, 11) is 0. The average molecular weight is 363 g/mol. The molecule has 3 N–H and O–H groups in total. The van der Waals surface area contributed by atoms with Crippen molar-refractivity contribution in [3.63, 3.8) is 0 Å². The van der Waals surface area contributed by atoms with Crippen LogP contribution in [0.4, 0.5) is 0 Å². The van der Waals surface area contributed by atoms with Crippen molar-refractivity contribution < 1.29 is 20.1 Å². The number of rotatable bonds is 4. The van der Waals surface area contributed by atoms with Crippen LogP contribution in [0.15, 0.2) is 12.2 Å². The summed E-state index contributed by atoms with van der Waals surface area (Å²) < 4.78 is 0. The van der Waals surface area contributed by atoms with Gasteiger partial charge in [0.2, 0.25) is 0 Å². The second-order valence-electron chi connectivity index (χ2n) is 8.98. The molecule has 26 heavy (non-hydrogen) atoms. The van der Waals surface area contributed by atoms with Crippen molar-refractivity contribution >= 4 is 5.97 Å². The lowest BCUT2D eigenvalue weighted by molar-refractivity contribution is -0.166. The lowest BCUT2D eigenvalue weighted by atomic mass is 9.68. The first-order chi connectivity index (χ1) is 12.6. The van der Waals surface area contributed by atoms with Crippen LogP contribution >= 0.6 is 0 Å². The standard InChI is InChI=1S/C21H33NO4/c23-11-5-9-16-17-12-15-8-4-10-21(20(25)26,14-6-2-1-3-7-14)22(15)18(17)13-19(16)24/h5,9,14-19,23-24H,1-4,6-8,10-13H2,(H,25,26)/t15?,16-,17-,18-,19-,21?/m1/s1. The first kappa shape index (κ1) is 18.5. The fourth-order valence-corrected chi connectivity index (χ4v) is 6.94. The highest BCUT2D eigenvalue weighted by Crippen LogP contribution is 2.55. The zero-order valence-corrected chi connectivity index (χ0v) is 15.6. The highest BCUT2D eigenvalue weighted by molar-refractivity contribution is 5.80. The fourth-order valence-electron chi connectivity index (χ4n) is 6.94. The number of carbonyl (C=O) groups is 1. The van der Waals surface area contributed by atoms with E-state index in [1.807, 2.05) is 6.08 Å². The molecule has 0 amide bonds. The number of aliphatic hydroxyl groups is 2. The minimum atomic E-state index is -0.724. The maximum atomic E-state index is 12.7. The van der Waals surface area contributed by atoms with E-state index in [2.05, 4.69) is 4.90 Å². The maximum Gasteiger partial charge on any atom is 0.324 e. The second-order valence-corrected chi connectivity index (χ2v) is 8.98. The molecule has 2 aliphatic carbocycles. The summed E-state index contributed by atoms with van der Waals surface area (Å²) in [5.41, 5.74) is -0.724. The van der Waals surface area contributed by atoms with Gasteiger partial charge in [-0.1, -0.05) is 31.4 Å². The van der Waals surface area contributed by atoms with Gasteiger partial charge in [-0.25, -0.2) is 0 Å². The van der Waals surface area contributed by atoms with E-state index >= 15 is 0 Å². The van der Waals surface area contributed by atoms with E-state index in [1.165, 1.54) is 6.42 Å². The minimum Gasteiger partial charge on any atom is -0.480 e. The number of piperidine rings is 1. The first-order valence-corrected chi connectivity index (χ1v) is 10.6. The van der Waals surface area contributed by atoms with E-state index in [9.17, 15) is 15.0 Å². The van der Waals surface area contributed by atoms with Gasteiger partial charge in [0.25, 0.3) is 0 Å². The summed E-state index contributed by atoms with van der Waals surface area (Å²) >= 11 is 0. The number of carboxylic acid groups (broad SMARTS) is 1. The van der Waals surface area contributed by atoms with Gasteiger partial charge in [0.15, 0.2) is 0 Å². The molecule has 2 saturated heterocycles. The fraction of sp³-hybridized carbons (Fsp3) is 0.857. The summed E-state index contributed by atoms with van der Waals surface area (Å²) in [6.07, 6.45) is 13.4. The molecule has 5 nitrogen and oxygen atoms in total. The average Bonchev–Trinajstić information content (AvgIpc) is 3.15. The molecule has 146 valence electrons. The molecule has 0 aromatic carbocycles. The molecule has 0 aromatic rings. The van der Waals surface area contributed by atoms with Crippen LogP contribution in [0.25, 0.3) is 0 Å². The second kappa shape index (κ2) is 7.25. The quantitative estimate of drug-likeness (QED) is 0.669. The third-order valence-electron chi connectivity index (χ3n) is 7.88. The van der Waals surface area contributed by atoms with Gasteiger partial charge in [-0.3, -0.25) is 9.69 Å². The third kappa shape index (κ3) is 2.74. The molecule has 0 aromatic heterocycles. The zero-order chi connectivity index (χ0) is 18.3. The Bertz CT molecular complexity index is 558. The van der Waals surface area contributed by atoms with Crippen molar-refractivity contribution in [2.24, 2.45) is 17.8 Å². The smallest absolute Gasteiger partial charge is 0.324 e. The first-order valence-electron chi connectivity index (χ1n) is 10.6. The molecule has 6 atom stereocenters. The lowest BCUT2D eigenvalue weighted by Crippen LogP contribution is -2.65. The molecular weight excluding hydrogens is 330 g/mol. The predicted molar refractivity (Wildman–Crippen MR) is 98.7 cm³/mol. The molecule has 2 unspecified atom stereocenters. The summed E-state index contributed by atoms with van der Waals surface area (Å²) in [4.78, 5) is 15.1. The Kier molecular flexibility index (Phi) is 5.15. The van der Waals surface area contributed by atoms with Crippen LogP contribution in [0.1, 0.15) is 64.2 Å². The summed E-state index contributed by atoms with van der Waals surface area (Å²) in [6, 6.07) is 0.510. The van der Waals surface area contributed by atoms with Gasteiger partial charge in [0.05, 0.1) is 12.7 Å². The van der Waals surface area contributed by atoms with E-state index in [-0.39, 0.29) is 24.5 Å². The van der Waals surface area contributed by atoms with Gasteiger partial charge in [-0.05, 0) is 56.8 Å². The molecule has 0 spiro atoms. The number of aliphatic carboxylic acids is 1. The van der Waals surface area contributed by atoms with Crippen molar-refractivity contribution in [3.8, 4) is 0 Å². The van der Waals surface area contributed by atoms with Crippen LogP contribution in [-0.4, -0.2) is 56.5 Å². The number of hydrogen-bond donors (Lipinski definition) is 3. The highest BCUT2D eigenvalue weighted by Gasteiger charge is 2.62. The Balaban J connectivity index is 1.67. The van der Waals surface area contributed by atoms with Crippen molar-refractivity contribution in [2.45, 2.75) is 87.9 Å². The molecule has 0 bridgehead atoms. The molecule has 0 radical (unpaired) electrons. The maximum absolute atomic E-state index is 12.7. The van der Waals surface area contributed by atoms with Gasteiger partial charge < -0.3 is 15.3 Å². The van der Waals surface area contributed by atoms with E-state index in [1.54, 1.807) is 6.08 Å². The predicted octanol–water partition coefficient (Wildman–Crippen LogP) is 2.56.